The molecule has 1 saturated carbocycles. The Morgan fingerprint density at radius 2 is 1.83 bits per heavy atom. The second kappa shape index (κ2) is 9.34. The maximum atomic E-state index is 11.4. The molecule has 1 aliphatic rings. The largest absolute Gasteiger partial charge is 0.369 e. The van der Waals surface area contributed by atoms with Crippen LogP contribution in [0.3, 0.4) is 0 Å². The average molecular weight is 256 g/mol. The minimum atomic E-state index is -0.0219. The Balaban J connectivity index is 1.98. The summed E-state index contributed by atoms with van der Waals surface area (Å²) < 4.78 is 5.23. The molecule has 0 aromatic carbocycles. The lowest BCUT2D eigenvalue weighted by molar-refractivity contribution is -0.127. The fourth-order valence-corrected chi connectivity index (χ4v) is 2.26. The summed E-state index contributed by atoms with van der Waals surface area (Å²) in [7, 11) is 0. The van der Waals surface area contributed by atoms with E-state index in [0.717, 1.165) is 6.54 Å². The first-order valence-electron chi connectivity index (χ1n) is 7.30. The van der Waals surface area contributed by atoms with Gasteiger partial charge in [0.2, 0.25) is 5.91 Å². The van der Waals surface area contributed by atoms with Gasteiger partial charge in [-0.3, -0.25) is 4.79 Å². The molecule has 0 unspecified atom stereocenters. The molecule has 1 aliphatic carbocycles. The van der Waals surface area contributed by atoms with Crippen LogP contribution in [-0.2, 0) is 9.53 Å². The van der Waals surface area contributed by atoms with Gasteiger partial charge in [0.25, 0.3) is 0 Å². The molecule has 0 aromatic rings. The van der Waals surface area contributed by atoms with Crippen LogP contribution < -0.4 is 10.6 Å². The highest BCUT2D eigenvalue weighted by atomic mass is 16.5. The van der Waals surface area contributed by atoms with Crippen LogP contribution in [0.5, 0.6) is 0 Å². The van der Waals surface area contributed by atoms with Crippen molar-refractivity contribution in [1.82, 2.24) is 10.6 Å². The van der Waals surface area contributed by atoms with Gasteiger partial charge in [-0.15, -0.1) is 0 Å². The lowest BCUT2D eigenvalue weighted by Crippen LogP contribution is -2.38. The molecular weight excluding hydrogens is 228 g/mol. The quantitative estimate of drug-likeness (QED) is 0.540. The van der Waals surface area contributed by atoms with Crippen molar-refractivity contribution in [2.75, 3.05) is 19.7 Å². The summed E-state index contributed by atoms with van der Waals surface area (Å²) in [5, 5.41) is 6.39. The molecule has 0 radical (unpaired) electrons. The van der Waals surface area contributed by atoms with Crippen LogP contribution in [0.2, 0.25) is 0 Å². The minimum Gasteiger partial charge on any atom is -0.369 e. The van der Waals surface area contributed by atoms with Crippen LogP contribution in [0.25, 0.3) is 0 Å². The molecular formula is C14H28N2O2. The first-order valence-corrected chi connectivity index (χ1v) is 7.30. The highest BCUT2D eigenvalue weighted by Crippen LogP contribution is 2.16. The molecule has 1 fully saturated rings. The van der Waals surface area contributed by atoms with E-state index in [4.69, 9.17) is 4.74 Å². The van der Waals surface area contributed by atoms with Gasteiger partial charge < -0.3 is 15.4 Å². The van der Waals surface area contributed by atoms with Crippen molar-refractivity contribution in [2.45, 2.75) is 64.5 Å². The number of nitrogens with one attached hydrogen (secondary N) is 2. The molecule has 1 amide bonds. The molecule has 0 spiro atoms. The third kappa shape index (κ3) is 7.67. The second-order valence-corrected chi connectivity index (χ2v) is 5.35. The van der Waals surface area contributed by atoms with Crippen molar-refractivity contribution in [3.05, 3.63) is 0 Å². The number of amides is 1. The third-order valence-electron chi connectivity index (χ3n) is 3.28. The Morgan fingerprint density at radius 3 is 2.44 bits per heavy atom. The van der Waals surface area contributed by atoms with E-state index >= 15 is 0 Å². The zero-order chi connectivity index (χ0) is 13.2. The number of carbonyl (C=O) groups excluding carboxylic acids is 1. The first-order chi connectivity index (χ1) is 8.68. The molecule has 2 N–H and O–H groups in total. The van der Waals surface area contributed by atoms with E-state index in [1.54, 1.807) is 0 Å². The van der Waals surface area contributed by atoms with Gasteiger partial charge in [0, 0.05) is 19.1 Å². The molecule has 4 nitrogen and oxygen atoms in total. The normalized spacial score (nSPS) is 17.7. The summed E-state index contributed by atoms with van der Waals surface area (Å²) in [6.07, 6.45) is 8.11. The van der Waals surface area contributed by atoms with E-state index in [1.165, 1.54) is 38.5 Å². The zero-order valence-electron chi connectivity index (χ0n) is 11.8. The van der Waals surface area contributed by atoms with Gasteiger partial charge >= 0.3 is 0 Å². The molecule has 0 aliphatic heterocycles. The molecule has 106 valence electrons. The van der Waals surface area contributed by atoms with Crippen LogP contribution in [-0.4, -0.2) is 37.7 Å². The maximum Gasteiger partial charge on any atom is 0.246 e. The van der Waals surface area contributed by atoms with Crippen LogP contribution in [0, 0.1) is 0 Å². The molecule has 4 heteroatoms. The van der Waals surface area contributed by atoms with E-state index in [9.17, 15) is 4.79 Å². The predicted molar refractivity (Wildman–Crippen MR) is 73.6 cm³/mol. The summed E-state index contributed by atoms with van der Waals surface area (Å²) >= 11 is 0. The molecule has 18 heavy (non-hydrogen) atoms. The van der Waals surface area contributed by atoms with E-state index in [-0.39, 0.29) is 18.6 Å². The van der Waals surface area contributed by atoms with Crippen LogP contribution >= 0.6 is 0 Å². The minimum absolute atomic E-state index is 0.0219. The van der Waals surface area contributed by atoms with Crippen LogP contribution in [0.4, 0.5) is 0 Å². The molecule has 0 atom stereocenters. The van der Waals surface area contributed by atoms with E-state index in [1.807, 2.05) is 13.8 Å². The fourth-order valence-electron chi connectivity index (χ4n) is 2.26. The summed E-state index contributed by atoms with van der Waals surface area (Å²) in [6, 6.07) is 0.649. The zero-order valence-corrected chi connectivity index (χ0v) is 11.8. The van der Waals surface area contributed by atoms with E-state index in [0.29, 0.717) is 12.6 Å². The lowest BCUT2D eigenvalue weighted by atomic mass is 10.1. The SMILES string of the molecule is CC(C)OCC(=O)NCCNC1CCCCCC1. The smallest absolute Gasteiger partial charge is 0.246 e. The van der Waals surface area contributed by atoms with Crippen molar-refractivity contribution in [3.63, 3.8) is 0 Å². The Hall–Kier alpha value is -0.610. The van der Waals surface area contributed by atoms with Crippen molar-refractivity contribution >= 4 is 5.91 Å². The summed E-state index contributed by atoms with van der Waals surface area (Å²) in [4.78, 5) is 11.4. The lowest BCUT2D eigenvalue weighted by Gasteiger charge is -2.16. The molecule has 0 saturated heterocycles. The number of ether oxygens (including phenoxy) is 1. The molecule has 0 heterocycles. The highest BCUT2D eigenvalue weighted by molar-refractivity contribution is 5.77. The second-order valence-electron chi connectivity index (χ2n) is 5.35. The fraction of sp³-hybridized carbons (Fsp3) is 0.929. The third-order valence-corrected chi connectivity index (χ3v) is 3.28. The summed E-state index contributed by atoms with van der Waals surface area (Å²) in [6.45, 7) is 5.58. The van der Waals surface area contributed by atoms with Crippen molar-refractivity contribution < 1.29 is 9.53 Å². The van der Waals surface area contributed by atoms with Crippen molar-refractivity contribution in [2.24, 2.45) is 0 Å². The molecule has 0 bridgehead atoms. The Labute approximate surface area is 111 Å². The average Bonchev–Trinajstić information content (AvgIpc) is 2.60. The van der Waals surface area contributed by atoms with Gasteiger partial charge in [-0.05, 0) is 26.7 Å². The predicted octanol–water partition coefficient (Wildman–Crippen LogP) is 1.84. The van der Waals surface area contributed by atoms with Crippen LogP contribution in [0.15, 0.2) is 0 Å². The molecule has 1 rings (SSSR count). The summed E-state index contributed by atoms with van der Waals surface area (Å²) in [5.41, 5.74) is 0. The van der Waals surface area contributed by atoms with Crippen LogP contribution in [0.1, 0.15) is 52.4 Å². The van der Waals surface area contributed by atoms with Crippen molar-refractivity contribution in [3.8, 4) is 0 Å². The van der Waals surface area contributed by atoms with Gasteiger partial charge in [0.15, 0.2) is 0 Å². The van der Waals surface area contributed by atoms with E-state index < -0.39 is 0 Å². The standard InChI is InChI=1S/C14H28N2O2/c1-12(2)18-11-14(17)16-10-9-15-13-7-5-3-4-6-8-13/h12-13,15H,3-11H2,1-2H3,(H,16,17). The number of hydrogen-bond donors (Lipinski definition) is 2. The number of rotatable bonds is 7. The maximum absolute atomic E-state index is 11.4. The number of carbonyl (C=O) groups is 1. The van der Waals surface area contributed by atoms with Gasteiger partial charge in [-0.1, -0.05) is 25.7 Å². The monoisotopic (exact) mass is 256 g/mol. The topological polar surface area (TPSA) is 50.4 Å². The van der Waals surface area contributed by atoms with Gasteiger partial charge in [-0.25, -0.2) is 0 Å². The Morgan fingerprint density at radius 1 is 1.17 bits per heavy atom. The van der Waals surface area contributed by atoms with Gasteiger partial charge in [-0.2, -0.15) is 0 Å². The van der Waals surface area contributed by atoms with Gasteiger partial charge in [0.05, 0.1) is 6.10 Å². The highest BCUT2D eigenvalue weighted by Gasteiger charge is 2.11. The molecule has 0 aromatic heterocycles. The first kappa shape index (κ1) is 15.4. The van der Waals surface area contributed by atoms with Gasteiger partial charge in [0.1, 0.15) is 6.61 Å². The Bertz CT molecular complexity index is 224. The number of hydrogen-bond acceptors (Lipinski definition) is 3. The van der Waals surface area contributed by atoms with E-state index in [2.05, 4.69) is 10.6 Å². The van der Waals surface area contributed by atoms with Crippen molar-refractivity contribution in [1.29, 1.82) is 0 Å². The Kier molecular flexibility index (Phi) is 8.01. The summed E-state index contributed by atoms with van der Waals surface area (Å²) in [5.74, 6) is -0.0219.